The Morgan fingerprint density at radius 3 is 2.65 bits per heavy atom. The Morgan fingerprint density at radius 1 is 1.10 bits per heavy atom. The number of nitrogens with one attached hydrogen (secondary N) is 1. The average Bonchev–Trinajstić information content (AvgIpc) is 3.03. The molecule has 3 aromatic rings. The van der Waals surface area contributed by atoms with E-state index in [2.05, 4.69) is 4.99 Å². The van der Waals surface area contributed by atoms with Gasteiger partial charge in [0, 0.05) is 39.1 Å². The molecule has 40 heavy (non-hydrogen) atoms. The van der Waals surface area contributed by atoms with Crippen molar-refractivity contribution in [1.29, 1.82) is 0 Å². The number of halogens is 3. The normalized spacial score (nSPS) is 15.0. The van der Waals surface area contributed by atoms with Crippen LogP contribution in [-0.2, 0) is 33.7 Å². The van der Waals surface area contributed by atoms with Gasteiger partial charge in [-0.15, -0.1) is 0 Å². The molecule has 0 radical (unpaired) electrons. The number of amides is 1. The van der Waals surface area contributed by atoms with Crippen LogP contribution >= 0.6 is 0 Å². The smallest absolute Gasteiger partial charge is 0.471 e. The van der Waals surface area contributed by atoms with Gasteiger partial charge in [-0.3, -0.25) is 14.6 Å². The molecule has 1 aliphatic rings. The summed E-state index contributed by atoms with van der Waals surface area (Å²) in [5, 5.41) is 11.7. The van der Waals surface area contributed by atoms with Crippen molar-refractivity contribution in [3.05, 3.63) is 93.6 Å². The molecule has 1 atom stereocenters. The van der Waals surface area contributed by atoms with Gasteiger partial charge < -0.3 is 20.0 Å². The molecule has 1 heterocycles. The third-order valence-electron chi connectivity index (χ3n) is 6.45. The first-order valence-corrected chi connectivity index (χ1v) is 12.8. The summed E-state index contributed by atoms with van der Waals surface area (Å²) in [4.78, 5) is 27.5. The third-order valence-corrected chi connectivity index (χ3v) is 6.45. The van der Waals surface area contributed by atoms with Gasteiger partial charge in [0.2, 0.25) is 0 Å². The van der Waals surface area contributed by atoms with Crippen molar-refractivity contribution in [3.8, 4) is 5.75 Å². The van der Waals surface area contributed by atoms with Crippen molar-refractivity contribution in [3.63, 3.8) is 0 Å². The lowest BCUT2D eigenvalue weighted by Gasteiger charge is -2.19. The zero-order chi connectivity index (χ0) is 28.9. The van der Waals surface area contributed by atoms with Gasteiger partial charge in [-0.25, -0.2) is 0 Å². The maximum atomic E-state index is 12.6. The molecule has 0 saturated carbocycles. The Balaban J connectivity index is 1.48. The van der Waals surface area contributed by atoms with Gasteiger partial charge in [0.05, 0.1) is 6.61 Å². The van der Waals surface area contributed by atoms with E-state index < -0.39 is 24.2 Å². The van der Waals surface area contributed by atoms with Crippen LogP contribution in [0.15, 0.2) is 59.7 Å². The van der Waals surface area contributed by atoms with E-state index in [4.69, 9.17) is 9.47 Å². The molecule has 1 aromatic heterocycles. The lowest BCUT2D eigenvalue weighted by atomic mass is 9.97. The summed E-state index contributed by atoms with van der Waals surface area (Å²) in [6.45, 7) is 3.81. The Bertz CT molecular complexity index is 1470. The van der Waals surface area contributed by atoms with Crippen molar-refractivity contribution in [2.24, 2.45) is 4.99 Å². The average molecular weight is 558 g/mol. The third kappa shape index (κ3) is 7.43. The molecule has 1 aliphatic carbocycles. The van der Waals surface area contributed by atoms with Gasteiger partial charge in [0.15, 0.2) is 5.49 Å². The zero-order valence-electron chi connectivity index (χ0n) is 22.1. The van der Waals surface area contributed by atoms with Gasteiger partial charge in [-0.05, 0) is 71.0 Å². The Morgan fingerprint density at radius 2 is 1.90 bits per heavy atom. The molecular formula is C29H30F3N3O5. The highest BCUT2D eigenvalue weighted by Crippen LogP contribution is 2.35. The summed E-state index contributed by atoms with van der Waals surface area (Å²) in [7, 11) is 0. The van der Waals surface area contributed by atoms with E-state index in [0.29, 0.717) is 49.2 Å². The van der Waals surface area contributed by atoms with Crippen LogP contribution in [0.3, 0.4) is 0 Å². The lowest BCUT2D eigenvalue weighted by Crippen LogP contribution is -2.36. The minimum atomic E-state index is -4.96. The number of hydrogen-bond acceptors (Lipinski definition) is 6. The molecule has 11 heteroatoms. The number of aromatic nitrogens is 1. The summed E-state index contributed by atoms with van der Waals surface area (Å²) in [5.41, 5.74) is 5.40. The van der Waals surface area contributed by atoms with Crippen molar-refractivity contribution in [1.82, 2.24) is 10.0 Å². The zero-order valence-corrected chi connectivity index (χ0v) is 22.1. The molecule has 8 nitrogen and oxygen atoms in total. The maximum Gasteiger partial charge on any atom is 0.471 e. The van der Waals surface area contributed by atoms with E-state index >= 15 is 0 Å². The summed E-state index contributed by atoms with van der Waals surface area (Å²) in [5.74, 6) is -1.80. The van der Waals surface area contributed by atoms with Crippen LogP contribution in [0.2, 0.25) is 0 Å². The SMILES string of the molecule is CC(=O)OC1Cc2ccc(OCCCN=c3cc(C)ccn3O)cc2Cc2cc(CNC(=O)C(F)(F)F)ccc21. The highest BCUT2D eigenvalue weighted by Gasteiger charge is 2.38. The van der Waals surface area contributed by atoms with E-state index in [0.717, 1.165) is 32.5 Å². The second-order valence-corrected chi connectivity index (χ2v) is 9.61. The Kier molecular flexibility index (Phi) is 8.81. The molecule has 0 spiro atoms. The van der Waals surface area contributed by atoms with Gasteiger partial charge in [0.1, 0.15) is 11.9 Å². The summed E-state index contributed by atoms with van der Waals surface area (Å²) < 4.78 is 50.3. The fourth-order valence-corrected chi connectivity index (χ4v) is 4.54. The number of alkyl halides is 3. The molecule has 2 N–H and O–H groups in total. The molecule has 1 amide bonds. The minimum absolute atomic E-state index is 0.288. The number of aryl methyl sites for hydroxylation is 1. The van der Waals surface area contributed by atoms with E-state index in [9.17, 15) is 28.0 Å². The molecule has 0 saturated heterocycles. The monoisotopic (exact) mass is 557 g/mol. The number of pyridine rings is 1. The second-order valence-electron chi connectivity index (χ2n) is 9.61. The molecule has 0 aliphatic heterocycles. The van der Waals surface area contributed by atoms with Gasteiger partial charge >= 0.3 is 18.1 Å². The number of rotatable bonds is 8. The quantitative estimate of drug-likeness (QED) is 0.244. The van der Waals surface area contributed by atoms with Crippen molar-refractivity contribution in [2.75, 3.05) is 13.2 Å². The van der Waals surface area contributed by atoms with Crippen molar-refractivity contribution < 1.29 is 37.4 Å². The molecular weight excluding hydrogens is 527 g/mol. The molecule has 0 bridgehead atoms. The van der Waals surface area contributed by atoms with Crippen LogP contribution in [0.4, 0.5) is 13.2 Å². The Labute approximate surface area is 229 Å². The van der Waals surface area contributed by atoms with Crippen LogP contribution < -0.4 is 15.5 Å². The van der Waals surface area contributed by atoms with E-state index in [-0.39, 0.29) is 6.54 Å². The van der Waals surface area contributed by atoms with Crippen LogP contribution in [0.25, 0.3) is 0 Å². The van der Waals surface area contributed by atoms with Crippen LogP contribution in [0.1, 0.15) is 52.8 Å². The van der Waals surface area contributed by atoms with Gasteiger partial charge in [-0.2, -0.15) is 17.9 Å². The topological polar surface area (TPSA) is 102 Å². The number of benzene rings is 2. The Hall–Kier alpha value is -4.28. The largest absolute Gasteiger partial charge is 0.494 e. The number of carbonyl (C=O) groups excluding carboxylic acids is 2. The molecule has 1 unspecified atom stereocenters. The summed E-state index contributed by atoms with van der Waals surface area (Å²) >= 11 is 0. The highest BCUT2D eigenvalue weighted by molar-refractivity contribution is 5.81. The number of fused-ring (bicyclic) bond motifs is 2. The van der Waals surface area contributed by atoms with E-state index in [1.54, 1.807) is 30.3 Å². The standard InChI is InChI=1S/C29H30F3N3O5/c1-18-8-10-35(38)27(12-18)33-9-3-11-39-24-6-5-21-16-26(40-19(2)36)25-7-4-20(13-23(25)14-22(21)15-24)17-34-28(37)29(30,31)32/h4-8,10,12-13,15,26,38H,3,9,11,14,16-17H2,1-2H3,(H,34,37). The van der Waals surface area contributed by atoms with Crippen LogP contribution in [0.5, 0.6) is 5.75 Å². The first-order valence-electron chi connectivity index (χ1n) is 12.8. The second kappa shape index (κ2) is 12.3. The first-order chi connectivity index (χ1) is 19.0. The fourth-order valence-electron chi connectivity index (χ4n) is 4.54. The van der Waals surface area contributed by atoms with Crippen molar-refractivity contribution >= 4 is 11.9 Å². The van der Waals surface area contributed by atoms with Crippen LogP contribution in [0, 0.1) is 6.92 Å². The maximum absolute atomic E-state index is 12.6. The van der Waals surface area contributed by atoms with Crippen LogP contribution in [-0.4, -0.2) is 41.1 Å². The number of esters is 1. The number of nitrogens with zero attached hydrogens (tertiary/aromatic N) is 2. The fraction of sp³-hybridized carbons (Fsp3) is 0.345. The lowest BCUT2D eigenvalue weighted by molar-refractivity contribution is -0.173. The minimum Gasteiger partial charge on any atom is -0.494 e. The summed E-state index contributed by atoms with van der Waals surface area (Å²) in [6, 6.07) is 14.3. The molecule has 0 fully saturated rings. The highest BCUT2D eigenvalue weighted by atomic mass is 19.4. The van der Waals surface area contributed by atoms with E-state index in [1.165, 1.54) is 13.1 Å². The van der Waals surface area contributed by atoms with Gasteiger partial charge in [0.25, 0.3) is 0 Å². The predicted molar refractivity (Wildman–Crippen MR) is 139 cm³/mol. The predicted octanol–water partition coefficient (Wildman–Crippen LogP) is 4.33. The van der Waals surface area contributed by atoms with Crippen molar-refractivity contribution in [2.45, 2.75) is 51.9 Å². The number of ether oxygens (including phenoxy) is 2. The molecule has 212 valence electrons. The number of hydrogen-bond donors (Lipinski definition) is 2. The van der Waals surface area contributed by atoms with E-state index in [1.807, 2.05) is 30.4 Å². The van der Waals surface area contributed by atoms with Gasteiger partial charge in [-0.1, -0.05) is 24.3 Å². The number of carbonyl (C=O) groups is 2. The summed E-state index contributed by atoms with van der Waals surface area (Å²) in [6.07, 6.45) is -2.49. The first kappa shape index (κ1) is 28.7. The molecule has 4 rings (SSSR count). The molecule has 2 aromatic carbocycles.